The van der Waals surface area contributed by atoms with Crippen LogP contribution in [0.4, 0.5) is 4.79 Å². The highest BCUT2D eigenvalue weighted by molar-refractivity contribution is 6.30. The predicted molar refractivity (Wildman–Crippen MR) is 140 cm³/mol. The third kappa shape index (κ3) is 5.45. The first kappa shape index (κ1) is 25.2. The number of alkyl carbamates (subject to hydrolysis) is 1. The highest BCUT2D eigenvalue weighted by Crippen LogP contribution is 2.34. The number of pyridine rings is 1. The van der Waals surface area contributed by atoms with Gasteiger partial charge in [-0.25, -0.2) is 14.4 Å². The molecule has 1 N–H and O–H groups in total. The van der Waals surface area contributed by atoms with E-state index in [1.54, 1.807) is 6.20 Å². The predicted octanol–water partition coefficient (Wildman–Crippen LogP) is 4.92. The smallest absolute Gasteiger partial charge is 0.407 e. The molecule has 0 radical (unpaired) electrons. The number of fused-ring (bicyclic) bond motifs is 1. The van der Waals surface area contributed by atoms with Gasteiger partial charge in [-0.05, 0) is 51.4 Å². The van der Waals surface area contributed by atoms with Crippen molar-refractivity contribution in [1.29, 1.82) is 0 Å². The molecule has 1 fully saturated rings. The average molecular weight is 524 g/mol. The Bertz CT molecular complexity index is 1410. The molecule has 1 aliphatic rings. The fourth-order valence-electron chi connectivity index (χ4n) is 4.75. The molecule has 1 amide bonds. The number of likely N-dealkylation sites (tertiary alicyclic amines) is 1. The molecule has 0 aliphatic carbocycles. The van der Waals surface area contributed by atoms with E-state index >= 15 is 0 Å². The van der Waals surface area contributed by atoms with E-state index < -0.39 is 5.60 Å². The average Bonchev–Trinajstić information content (AvgIpc) is 3.58. The molecule has 1 aromatic carbocycles. The van der Waals surface area contributed by atoms with Crippen LogP contribution in [0.5, 0.6) is 0 Å². The number of hydrogen-bond donors (Lipinski definition) is 1. The second-order valence-electron chi connectivity index (χ2n) is 10.2. The Balaban J connectivity index is 1.48. The van der Waals surface area contributed by atoms with Gasteiger partial charge < -0.3 is 14.6 Å². The van der Waals surface area contributed by atoms with Crippen LogP contribution in [-0.2, 0) is 17.8 Å². The maximum Gasteiger partial charge on any atom is 0.407 e. The van der Waals surface area contributed by atoms with E-state index in [1.165, 1.54) is 0 Å². The first-order chi connectivity index (χ1) is 17.7. The van der Waals surface area contributed by atoms with Gasteiger partial charge in [0.15, 0.2) is 11.5 Å². The van der Waals surface area contributed by atoms with Gasteiger partial charge in [-0.1, -0.05) is 28.9 Å². The van der Waals surface area contributed by atoms with Gasteiger partial charge in [-0.2, -0.15) is 0 Å². The number of aryl methyl sites for hydroxylation is 1. The Morgan fingerprint density at radius 2 is 2.14 bits per heavy atom. The minimum absolute atomic E-state index is 0.0249. The standard InChI is InChI=1S/C26H30ClN7O3/c1-5-34-23-17(14-33-10-9-19(15-33)30-25(35)36-26(2,3)4)12-28-21(16-7-6-8-18(27)11-16)22(23)31-24(34)20-13-29-37-32-20/h6-8,11-13,19H,5,9-10,14-15H2,1-4H3,(H,30,35). The summed E-state index contributed by atoms with van der Waals surface area (Å²) in [5, 5.41) is 11.4. The molecule has 5 rings (SSSR count). The number of hydrogen-bond acceptors (Lipinski definition) is 8. The maximum absolute atomic E-state index is 12.2. The van der Waals surface area contributed by atoms with Gasteiger partial charge >= 0.3 is 6.09 Å². The fraction of sp³-hybridized carbons (Fsp3) is 0.423. The van der Waals surface area contributed by atoms with E-state index in [0.717, 1.165) is 47.4 Å². The summed E-state index contributed by atoms with van der Waals surface area (Å²) >= 11 is 6.29. The summed E-state index contributed by atoms with van der Waals surface area (Å²) < 4.78 is 12.4. The number of rotatable bonds is 6. The first-order valence-corrected chi connectivity index (χ1v) is 12.7. The molecule has 1 aliphatic heterocycles. The third-order valence-electron chi connectivity index (χ3n) is 6.24. The number of carbonyl (C=O) groups excluding carboxylic acids is 1. The van der Waals surface area contributed by atoms with Crippen molar-refractivity contribution in [3.63, 3.8) is 0 Å². The molecular formula is C26H30ClN7O3. The topological polar surface area (TPSA) is 111 Å². The normalized spacial score (nSPS) is 16.4. The van der Waals surface area contributed by atoms with Crippen LogP contribution >= 0.6 is 11.6 Å². The van der Waals surface area contributed by atoms with E-state index in [0.29, 0.717) is 29.6 Å². The number of aromatic nitrogens is 5. The van der Waals surface area contributed by atoms with Gasteiger partial charge in [-0.15, -0.1) is 0 Å². The molecule has 4 aromatic rings. The van der Waals surface area contributed by atoms with E-state index in [1.807, 2.05) is 51.2 Å². The zero-order chi connectivity index (χ0) is 26.2. The van der Waals surface area contributed by atoms with Crippen LogP contribution in [0.1, 0.15) is 39.7 Å². The number of benzene rings is 1. The van der Waals surface area contributed by atoms with Crippen molar-refractivity contribution in [2.75, 3.05) is 13.1 Å². The number of carbonyl (C=O) groups is 1. The van der Waals surface area contributed by atoms with Crippen LogP contribution in [0.3, 0.4) is 0 Å². The van der Waals surface area contributed by atoms with Crippen LogP contribution in [0.25, 0.3) is 33.8 Å². The van der Waals surface area contributed by atoms with Gasteiger partial charge in [0.1, 0.15) is 17.3 Å². The van der Waals surface area contributed by atoms with Crippen LogP contribution in [-0.4, -0.2) is 60.6 Å². The largest absolute Gasteiger partial charge is 0.444 e. The molecule has 1 unspecified atom stereocenters. The Morgan fingerprint density at radius 1 is 1.30 bits per heavy atom. The molecule has 1 atom stereocenters. The third-order valence-corrected chi connectivity index (χ3v) is 6.47. The highest BCUT2D eigenvalue weighted by atomic mass is 35.5. The van der Waals surface area contributed by atoms with Gasteiger partial charge in [-0.3, -0.25) is 9.88 Å². The van der Waals surface area contributed by atoms with E-state index in [9.17, 15) is 4.79 Å². The Morgan fingerprint density at radius 3 is 2.84 bits per heavy atom. The molecule has 194 valence electrons. The summed E-state index contributed by atoms with van der Waals surface area (Å²) in [6, 6.07) is 7.63. The summed E-state index contributed by atoms with van der Waals surface area (Å²) in [6.45, 7) is 10.5. The first-order valence-electron chi connectivity index (χ1n) is 12.4. The van der Waals surface area contributed by atoms with Gasteiger partial charge in [0.05, 0.1) is 11.2 Å². The maximum atomic E-state index is 12.2. The Kier molecular flexibility index (Phi) is 6.87. The monoisotopic (exact) mass is 523 g/mol. The number of nitrogens with one attached hydrogen (secondary N) is 1. The fourth-order valence-corrected chi connectivity index (χ4v) is 4.94. The molecular weight excluding hydrogens is 494 g/mol. The lowest BCUT2D eigenvalue weighted by Crippen LogP contribution is -2.40. The van der Waals surface area contributed by atoms with Crippen LogP contribution < -0.4 is 5.32 Å². The molecule has 37 heavy (non-hydrogen) atoms. The summed E-state index contributed by atoms with van der Waals surface area (Å²) in [5.41, 5.74) is 4.45. The van der Waals surface area contributed by atoms with Gasteiger partial charge in [0.25, 0.3) is 0 Å². The molecule has 0 bridgehead atoms. The summed E-state index contributed by atoms with van der Waals surface area (Å²) in [4.78, 5) is 24.3. The van der Waals surface area contributed by atoms with Gasteiger partial charge in [0, 0.05) is 54.6 Å². The van der Waals surface area contributed by atoms with E-state index in [2.05, 4.69) is 32.0 Å². The molecule has 0 spiro atoms. The van der Waals surface area contributed by atoms with Crippen molar-refractivity contribution < 1.29 is 14.2 Å². The highest BCUT2D eigenvalue weighted by Gasteiger charge is 2.28. The number of ether oxygens (including phenoxy) is 1. The molecule has 0 saturated carbocycles. The molecule has 3 aromatic heterocycles. The number of amides is 1. The lowest BCUT2D eigenvalue weighted by atomic mass is 10.1. The van der Waals surface area contributed by atoms with Crippen molar-refractivity contribution in [1.82, 2.24) is 35.1 Å². The number of imidazole rings is 1. The van der Waals surface area contributed by atoms with Crippen LogP contribution in [0, 0.1) is 0 Å². The van der Waals surface area contributed by atoms with Crippen LogP contribution in [0.2, 0.25) is 5.02 Å². The molecule has 10 nitrogen and oxygen atoms in total. The SMILES string of the molecule is CCn1c(-c2cnon2)nc2c(-c3cccc(Cl)c3)ncc(CN3CCC(NC(=O)OC(C)(C)C)C3)c21. The zero-order valence-corrected chi connectivity index (χ0v) is 22.1. The van der Waals surface area contributed by atoms with Crippen LogP contribution in [0.15, 0.2) is 41.3 Å². The summed E-state index contributed by atoms with van der Waals surface area (Å²) in [7, 11) is 0. The van der Waals surface area contributed by atoms with Crippen molar-refractivity contribution in [3.8, 4) is 22.8 Å². The lowest BCUT2D eigenvalue weighted by Gasteiger charge is -2.22. The van der Waals surface area contributed by atoms with Crippen molar-refractivity contribution in [3.05, 3.63) is 47.2 Å². The lowest BCUT2D eigenvalue weighted by molar-refractivity contribution is 0.0505. The Hall–Kier alpha value is -3.50. The van der Waals surface area contributed by atoms with E-state index in [4.69, 9.17) is 30.9 Å². The minimum Gasteiger partial charge on any atom is -0.444 e. The van der Waals surface area contributed by atoms with Crippen molar-refractivity contribution >= 4 is 28.7 Å². The van der Waals surface area contributed by atoms with Crippen molar-refractivity contribution in [2.24, 2.45) is 0 Å². The molecule has 4 heterocycles. The van der Waals surface area contributed by atoms with Gasteiger partial charge in [0.2, 0.25) is 0 Å². The molecule has 1 saturated heterocycles. The summed E-state index contributed by atoms with van der Waals surface area (Å²) in [5.74, 6) is 0.669. The number of halogens is 1. The second-order valence-corrected chi connectivity index (χ2v) is 10.6. The van der Waals surface area contributed by atoms with Crippen molar-refractivity contribution in [2.45, 2.75) is 58.8 Å². The molecule has 11 heteroatoms. The Labute approximate surface area is 219 Å². The van der Waals surface area contributed by atoms with E-state index in [-0.39, 0.29) is 12.1 Å². The second kappa shape index (κ2) is 10.1. The zero-order valence-electron chi connectivity index (χ0n) is 21.4. The quantitative estimate of drug-likeness (QED) is 0.379. The minimum atomic E-state index is -0.528. The summed E-state index contributed by atoms with van der Waals surface area (Å²) in [6.07, 6.45) is 3.93. The number of nitrogens with zero attached hydrogens (tertiary/aromatic N) is 6.